The SMILES string of the molecule is CCCCC(CCNc1cccc(-c2cn(C)c(=O)c(Nc3ccc(C(=O)N4CCOCC4)cc3)n2)c1C)OC(=O)c1ccccc1. The van der Waals surface area contributed by atoms with Crippen molar-refractivity contribution in [2.75, 3.05) is 43.5 Å². The monoisotopic (exact) mass is 637 g/mol. The molecule has 2 N–H and O–H groups in total. The summed E-state index contributed by atoms with van der Waals surface area (Å²) < 4.78 is 12.7. The minimum atomic E-state index is -0.299. The van der Waals surface area contributed by atoms with Gasteiger partial charge in [0.25, 0.3) is 11.5 Å². The molecule has 1 aliphatic rings. The number of carbonyl (C=O) groups excluding carboxylic acids is 2. The van der Waals surface area contributed by atoms with Gasteiger partial charge in [0, 0.05) is 61.8 Å². The molecule has 10 heteroatoms. The zero-order valence-electron chi connectivity index (χ0n) is 27.3. The molecule has 1 aliphatic heterocycles. The van der Waals surface area contributed by atoms with Crippen molar-refractivity contribution in [3.63, 3.8) is 0 Å². The van der Waals surface area contributed by atoms with E-state index >= 15 is 0 Å². The molecule has 0 aliphatic carbocycles. The van der Waals surface area contributed by atoms with Crippen LogP contribution < -0.4 is 16.2 Å². The molecule has 1 fully saturated rings. The fourth-order valence-electron chi connectivity index (χ4n) is 5.56. The second-order valence-electron chi connectivity index (χ2n) is 11.7. The number of unbranched alkanes of at least 4 members (excludes halogenated alkanes) is 1. The zero-order valence-corrected chi connectivity index (χ0v) is 27.3. The molecule has 0 saturated carbocycles. The van der Waals surface area contributed by atoms with Crippen molar-refractivity contribution in [3.05, 3.63) is 106 Å². The Balaban J connectivity index is 1.26. The summed E-state index contributed by atoms with van der Waals surface area (Å²) in [7, 11) is 1.70. The quantitative estimate of drug-likeness (QED) is 0.167. The molecule has 4 aromatic rings. The summed E-state index contributed by atoms with van der Waals surface area (Å²) in [5, 5.41) is 6.67. The highest BCUT2D eigenvalue weighted by Gasteiger charge is 2.19. The number of nitrogens with one attached hydrogen (secondary N) is 2. The molecule has 246 valence electrons. The summed E-state index contributed by atoms with van der Waals surface area (Å²) in [6, 6.07) is 22.1. The van der Waals surface area contributed by atoms with E-state index in [1.807, 2.05) is 43.3 Å². The highest BCUT2D eigenvalue weighted by Crippen LogP contribution is 2.28. The highest BCUT2D eigenvalue weighted by atomic mass is 16.5. The Bertz CT molecular complexity index is 1720. The minimum Gasteiger partial charge on any atom is -0.459 e. The maximum atomic E-state index is 13.1. The van der Waals surface area contributed by atoms with Gasteiger partial charge in [-0.25, -0.2) is 9.78 Å². The molecule has 1 saturated heterocycles. The molecular formula is C37H43N5O5. The van der Waals surface area contributed by atoms with Gasteiger partial charge in [0.05, 0.1) is 24.5 Å². The van der Waals surface area contributed by atoms with Gasteiger partial charge in [0.2, 0.25) is 0 Å². The van der Waals surface area contributed by atoms with E-state index in [4.69, 9.17) is 14.5 Å². The molecule has 0 bridgehead atoms. The summed E-state index contributed by atoms with van der Waals surface area (Å²) in [4.78, 5) is 45.1. The van der Waals surface area contributed by atoms with Crippen molar-refractivity contribution >= 4 is 29.1 Å². The van der Waals surface area contributed by atoms with Crippen LogP contribution in [0.1, 0.15) is 58.9 Å². The third kappa shape index (κ3) is 8.65. The molecule has 0 spiro atoms. The summed E-state index contributed by atoms with van der Waals surface area (Å²) in [6.45, 7) is 7.01. The Hall–Kier alpha value is -4.96. The Kier molecular flexibility index (Phi) is 11.4. The number of amides is 1. The lowest BCUT2D eigenvalue weighted by atomic mass is 10.0. The third-order valence-electron chi connectivity index (χ3n) is 8.32. The summed E-state index contributed by atoms with van der Waals surface area (Å²) in [6.07, 6.45) is 5.02. The van der Waals surface area contributed by atoms with Crippen LogP contribution in [0.2, 0.25) is 0 Å². The van der Waals surface area contributed by atoms with E-state index < -0.39 is 0 Å². The Morgan fingerprint density at radius 2 is 1.70 bits per heavy atom. The number of aryl methyl sites for hydroxylation is 1. The number of aromatic nitrogens is 2. The lowest BCUT2D eigenvalue weighted by Gasteiger charge is -2.26. The van der Waals surface area contributed by atoms with Gasteiger partial charge in [0.15, 0.2) is 5.82 Å². The highest BCUT2D eigenvalue weighted by molar-refractivity contribution is 5.94. The first-order chi connectivity index (χ1) is 22.8. The molecule has 10 nitrogen and oxygen atoms in total. The number of anilines is 3. The molecule has 0 radical (unpaired) electrons. The first kappa shape index (κ1) is 33.4. The average Bonchev–Trinajstić information content (AvgIpc) is 3.10. The van der Waals surface area contributed by atoms with Crippen LogP contribution in [0, 0.1) is 6.92 Å². The summed E-state index contributed by atoms with van der Waals surface area (Å²) in [5.74, 6) is -0.147. The van der Waals surface area contributed by atoms with E-state index in [1.54, 1.807) is 54.5 Å². The Labute approximate surface area is 275 Å². The third-order valence-corrected chi connectivity index (χ3v) is 8.32. The number of morpholine rings is 1. The molecule has 1 unspecified atom stereocenters. The molecule has 47 heavy (non-hydrogen) atoms. The standard InChI is InChI=1S/C37H43N5O5/c1-4-5-12-30(47-37(45)28-10-7-6-8-11-28)19-20-38-32-14-9-13-31(26(32)2)33-25-41(3)36(44)34(40-33)39-29-17-15-27(16-18-29)35(43)42-21-23-46-24-22-42/h6-11,13-18,25,30,38H,4-5,12,19-24H2,1-3H3,(H,39,40). The van der Waals surface area contributed by atoms with Crippen molar-refractivity contribution in [1.82, 2.24) is 14.5 Å². The lowest BCUT2D eigenvalue weighted by Crippen LogP contribution is -2.40. The summed E-state index contributed by atoms with van der Waals surface area (Å²) in [5.41, 5.74) is 4.99. The van der Waals surface area contributed by atoms with Crippen LogP contribution >= 0.6 is 0 Å². The number of nitrogens with zero attached hydrogens (tertiary/aromatic N) is 3. The van der Waals surface area contributed by atoms with Gasteiger partial charge in [-0.2, -0.15) is 0 Å². The van der Waals surface area contributed by atoms with Crippen molar-refractivity contribution in [2.24, 2.45) is 7.05 Å². The predicted octanol–water partition coefficient (Wildman–Crippen LogP) is 6.19. The van der Waals surface area contributed by atoms with E-state index in [-0.39, 0.29) is 29.4 Å². The molecule has 2 heterocycles. The second kappa shape index (κ2) is 16.0. The average molecular weight is 638 g/mol. The number of rotatable bonds is 13. The van der Waals surface area contributed by atoms with Gasteiger partial charge in [-0.1, -0.05) is 50.1 Å². The Morgan fingerprint density at radius 3 is 2.43 bits per heavy atom. The van der Waals surface area contributed by atoms with Gasteiger partial charge in [0.1, 0.15) is 6.10 Å². The van der Waals surface area contributed by atoms with E-state index in [0.717, 1.165) is 36.1 Å². The van der Waals surface area contributed by atoms with Crippen LogP contribution in [-0.2, 0) is 16.5 Å². The number of hydrogen-bond acceptors (Lipinski definition) is 8. The predicted molar refractivity (Wildman–Crippen MR) is 184 cm³/mol. The fourth-order valence-corrected chi connectivity index (χ4v) is 5.56. The molecule has 3 aromatic carbocycles. The topological polar surface area (TPSA) is 115 Å². The van der Waals surface area contributed by atoms with Gasteiger partial charge < -0.3 is 29.6 Å². The van der Waals surface area contributed by atoms with Crippen LogP contribution in [0.5, 0.6) is 0 Å². The zero-order chi connectivity index (χ0) is 33.2. The van der Waals surface area contributed by atoms with Gasteiger partial charge in [-0.3, -0.25) is 9.59 Å². The summed E-state index contributed by atoms with van der Waals surface area (Å²) >= 11 is 0. The number of esters is 1. The van der Waals surface area contributed by atoms with E-state index in [1.165, 1.54) is 4.57 Å². The first-order valence-corrected chi connectivity index (χ1v) is 16.3. The molecular weight excluding hydrogens is 594 g/mol. The van der Waals surface area contributed by atoms with Crippen LogP contribution in [0.4, 0.5) is 17.2 Å². The molecule has 1 amide bonds. The lowest BCUT2D eigenvalue weighted by molar-refractivity contribution is 0.0264. The van der Waals surface area contributed by atoms with Crippen molar-refractivity contribution in [1.29, 1.82) is 0 Å². The number of ether oxygens (including phenoxy) is 2. The maximum Gasteiger partial charge on any atom is 0.338 e. The fraction of sp³-hybridized carbons (Fsp3) is 0.351. The van der Waals surface area contributed by atoms with Crippen LogP contribution in [-0.4, -0.2) is 65.3 Å². The van der Waals surface area contributed by atoms with Gasteiger partial charge >= 0.3 is 5.97 Å². The van der Waals surface area contributed by atoms with Crippen LogP contribution in [0.3, 0.4) is 0 Å². The van der Waals surface area contributed by atoms with E-state index in [2.05, 4.69) is 17.6 Å². The van der Waals surface area contributed by atoms with Crippen molar-refractivity contribution < 1.29 is 19.1 Å². The maximum absolute atomic E-state index is 13.1. The molecule has 1 atom stereocenters. The van der Waals surface area contributed by atoms with Gasteiger partial charge in [-0.05, 0) is 61.4 Å². The van der Waals surface area contributed by atoms with E-state index in [9.17, 15) is 14.4 Å². The van der Waals surface area contributed by atoms with E-state index in [0.29, 0.717) is 61.8 Å². The smallest absolute Gasteiger partial charge is 0.338 e. The Morgan fingerprint density at radius 1 is 0.957 bits per heavy atom. The van der Waals surface area contributed by atoms with Crippen molar-refractivity contribution in [2.45, 2.75) is 45.6 Å². The number of benzene rings is 3. The van der Waals surface area contributed by atoms with Crippen molar-refractivity contribution in [3.8, 4) is 11.3 Å². The van der Waals surface area contributed by atoms with Crippen LogP contribution in [0.25, 0.3) is 11.3 Å². The molecule has 1 aromatic heterocycles. The molecule has 5 rings (SSSR count). The largest absolute Gasteiger partial charge is 0.459 e. The van der Waals surface area contributed by atoms with Crippen LogP contribution in [0.15, 0.2) is 83.8 Å². The first-order valence-electron chi connectivity index (χ1n) is 16.3. The number of carbonyl (C=O) groups is 2. The second-order valence-corrected chi connectivity index (χ2v) is 11.7. The normalized spacial score (nSPS) is 13.6. The minimum absolute atomic E-state index is 0.0375. The van der Waals surface area contributed by atoms with Gasteiger partial charge in [-0.15, -0.1) is 0 Å². The number of hydrogen-bond donors (Lipinski definition) is 2.